The highest BCUT2D eigenvalue weighted by Gasteiger charge is 2.30. The zero-order chi connectivity index (χ0) is 15.4. The molecule has 1 aliphatic carbocycles. The largest absolute Gasteiger partial charge is 0.380 e. The average molecular weight is 308 g/mol. The minimum atomic E-state index is 0.542. The molecule has 2 aliphatic rings. The predicted octanol–water partition coefficient (Wildman–Crippen LogP) is 1.88. The first-order chi connectivity index (χ1) is 10.8. The van der Waals surface area contributed by atoms with Crippen molar-refractivity contribution in [3.05, 3.63) is 11.7 Å². The van der Waals surface area contributed by atoms with Crippen molar-refractivity contribution in [1.82, 2.24) is 19.9 Å². The summed E-state index contributed by atoms with van der Waals surface area (Å²) in [5.74, 6) is 2.23. The molecule has 22 heavy (non-hydrogen) atoms. The van der Waals surface area contributed by atoms with Crippen molar-refractivity contribution in [2.24, 2.45) is 0 Å². The van der Waals surface area contributed by atoms with Gasteiger partial charge in [0.05, 0.1) is 13.2 Å². The van der Waals surface area contributed by atoms with E-state index in [4.69, 9.17) is 9.26 Å². The molecule has 1 saturated carbocycles. The molecule has 1 aromatic rings. The van der Waals surface area contributed by atoms with Gasteiger partial charge in [0.15, 0.2) is 5.82 Å². The number of nitrogens with zero attached hydrogens (tertiary/aromatic N) is 4. The van der Waals surface area contributed by atoms with Crippen LogP contribution >= 0.6 is 0 Å². The van der Waals surface area contributed by atoms with Crippen LogP contribution in [0.4, 0.5) is 0 Å². The van der Waals surface area contributed by atoms with Crippen LogP contribution in [0, 0.1) is 0 Å². The fourth-order valence-corrected chi connectivity index (χ4v) is 3.14. The fourth-order valence-electron chi connectivity index (χ4n) is 3.14. The highest BCUT2D eigenvalue weighted by Crippen LogP contribution is 2.38. The molecule has 1 atom stereocenters. The van der Waals surface area contributed by atoms with Gasteiger partial charge in [0.25, 0.3) is 0 Å². The van der Waals surface area contributed by atoms with Gasteiger partial charge in [-0.1, -0.05) is 12.1 Å². The molecule has 2 heterocycles. The van der Waals surface area contributed by atoms with Crippen LogP contribution < -0.4 is 0 Å². The summed E-state index contributed by atoms with van der Waals surface area (Å²) in [5.41, 5.74) is 0. The summed E-state index contributed by atoms with van der Waals surface area (Å²) in [6.45, 7) is 11.0. The lowest BCUT2D eigenvalue weighted by Crippen LogP contribution is -2.53. The van der Waals surface area contributed by atoms with E-state index in [9.17, 15) is 0 Å². The van der Waals surface area contributed by atoms with E-state index in [0.29, 0.717) is 12.0 Å². The van der Waals surface area contributed by atoms with Gasteiger partial charge < -0.3 is 9.26 Å². The van der Waals surface area contributed by atoms with E-state index in [0.717, 1.165) is 57.7 Å². The number of ether oxygens (including phenoxy) is 1. The standard InChI is InChI=1S/C16H28N4O2/c1-3-14-11-19(7-8-20(14)9-10-21-4-2)12-15-17-16(22-18-15)13-5-6-13/h13-14H,3-12H2,1-2H3/t14-/m0/s1. The Kier molecular flexibility index (Phi) is 5.44. The van der Waals surface area contributed by atoms with Crippen molar-refractivity contribution in [2.45, 2.75) is 51.6 Å². The first-order valence-corrected chi connectivity index (χ1v) is 8.66. The molecule has 0 spiro atoms. The highest BCUT2D eigenvalue weighted by atomic mass is 16.5. The van der Waals surface area contributed by atoms with Crippen molar-refractivity contribution in [3.63, 3.8) is 0 Å². The third-order valence-electron chi connectivity index (χ3n) is 4.66. The lowest BCUT2D eigenvalue weighted by Gasteiger charge is -2.40. The third kappa shape index (κ3) is 4.06. The maximum absolute atomic E-state index is 5.49. The maximum Gasteiger partial charge on any atom is 0.229 e. The number of aromatic nitrogens is 2. The molecule has 6 nitrogen and oxygen atoms in total. The second-order valence-electron chi connectivity index (χ2n) is 6.35. The van der Waals surface area contributed by atoms with Gasteiger partial charge in [0.1, 0.15) is 0 Å². The molecule has 0 radical (unpaired) electrons. The van der Waals surface area contributed by atoms with Gasteiger partial charge >= 0.3 is 0 Å². The van der Waals surface area contributed by atoms with Gasteiger partial charge in [-0.2, -0.15) is 4.98 Å². The molecular formula is C16H28N4O2. The van der Waals surface area contributed by atoms with Gasteiger partial charge in [0, 0.05) is 44.7 Å². The molecule has 6 heteroatoms. The Morgan fingerprint density at radius 2 is 2.14 bits per heavy atom. The lowest BCUT2D eigenvalue weighted by molar-refractivity contribution is 0.0374. The minimum absolute atomic E-state index is 0.542. The Balaban J connectivity index is 1.48. The zero-order valence-corrected chi connectivity index (χ0v) is 13.8. The van der Waals surface area contributed by atoms with E-state index in [2.05, 4.69) is 33.8 Å². The van der Waals surface area contributed by atoms with E-state index in [1.165, 1.54) is 19.3 Å². The van der Waals surface area contributed by atoms with Gasteiger partial charge in [0.2, 0.25) is 5.89 Å². The molecule has 2 fully saturated rings. The number of piperazine rings is 1. The topological polar surface area (TPSA) is 54.6 Å². The highest BCUT2D eigenvalue weighted by molar-refractivity contribution is 5.01. The molecule has 1 saturated heterocycles. The van der Waals surface area contributed by atoms with Gasteiger partial charge in [-0.15, -0.1) is 0 Å². The lowest BCUT2D eigenvalue weighted by atomic mass is 10.1. The van der Waals surface area contributed by atoms with Crippen molar-refractivity contribution < 1.29 is 9.26 Å². The quantitative estimate of drug-likeness (QED) is 0.684. The smallest absolute Gasteiger partial charge is 0.229 e. The monoisotopic (exact) mass is 308 g/mol. The Bertz CT molecular complexity index is 461. The second kappa shape index (κ2) is 7.53. The second-order valence-corrected chi connectivity index (χ2v) is 6.35. The van der Waals surface area contributed by atoms with Crippen molar-refractivity contribution in [2.75, 3.05) is 39.4 Å². The summed E-state index contributed by atoms with van der Waals surface area (Å²) in [5, 5.41) is 4.14. The summed E-state index contributed by atoms with van der Waals surface area (Å²) in [6.07, 6.45) is 3.58. The number of hydrogen-bond donors (Lipinski definition) is 0. The van der Waals surface area contributed by atoms with Gasteiger partial charge in [-0.25, -0.2) is 0 Å². The normalized spacial score (nSPS) is 24.0. The van der Waals surface area contributed by atoms with E-state index in [1.54, 1.807) is 0 Å². The summed E-state index contributed by atoms with van der Waals surface area (Å²) >= 11 is 0. The van der Waals surface area contributed by atoms with Crippen LogP contribution in [0.1, 0.15) is 50.7 Å². The molecule has 124 valence electrons. The van der Waals surface area contributed by atoms with Crippen LogP contribution in [0.5, 0.6) is 0 Å². The Labute approximate surface area is 132 Å². The summed E-state index contributed by atoms with van der Waals surface area (Å²) in [4.78, 5) is 9.55. The first kappa shape index (κ1) is 15.9. The predicted molar refractivity (Wildman–Crippen MR) is 83.7 cm³/mol. The maximum atomic E-state index is 5.49. The number of rotatable bonds is 8. The molecule has 0 aromatic carbocycles. The Morgan fingerprint density at radius 3 is 2.86 bits per heavy atom. The van der Waals surface area contributed by atoms with Gasteiger partial charge in [-0.05, 0) is 26.2 Å². The van der Waals surface area contributed by atoms with E-state index in [-0.39, 0.29) is 0 Å². The molecule has 0 N–H and O–H groups in total. The molecule has 0 bridgehead atoms. The van der Waals surface area contributed by atoms with E-state index >= 15 is 0 Å². The first-order valence-electron chi connectivity index (χ1n) is 8.66. The van der Waals surface area contributed by atoms with Crippen LogP contribution in [0.25, 0.3) is 0 Å². The van der Waals surface area contributed by atoms with Crippen molar-refractivity contribution in [3.8, 4) is 0 Å². The zero-order valence-electron chi connectivity index (χ0n) is 13.8. The third-order valence-corrected chi connectivity index (χ3v) is 4.66. The molecule has 0 amide bonds. The minimum Gasteiger partial charge on any atom is -0.380 e. The molecule has 1 aliphatic heterocycles. The van der Waals surface area contributed by atoms with E-state index < -0.39 is 0 Å². The summed E-state index contributed by atoms with van der Waals surface area (Å²) in [6, 6.07) is 0.601. The Morgan fingerprint density at radius 1 is 1.27 bits per heavy atom. The number of hydrogen-bond acceptors (Lipinski definition) is 6. The van der Waals surface area contributed by atoms with Gasteiger partial charge in [-0.3, -0.25) is 9.80 Å². The molecule has 0 unspecified atom stereocenters. The average Bonchev–Trinajstić information content (AvgIpc) is 3.29. The van der Waals surface area contributed by atoms with Crippen LogP contribution in [-0.4, -0.2) is 65.4 Å². The summed E-state index contributed by atoms with van der Waals surface area (Å²) < 4.78 is 10.9. The molecule has 3 rings (SSSR count). The van der Waals surface area contributed by atoms with E-state index in [1.807, 2.05) is 0 Å². The molecular weight excluding hydrogens is 280 g/mol. The van der Waals surface area contributed by atoms with Crippen LogP contribution in [0.3, 0.4) is 0 Å². The molecule has 1 aromatic heterocycles. The van der Waals surface area contributed by atoms with Crippen LogP contribution in [-0.2, 0) is 11.3 Å². The van der Waals surface area contributed by atoms with Crippen molar-refractivity contribution in [1.29, 1.82) is 0 Å². The Hall–Kier alpha value is -0.980. The van der Waals surface area contributed by atoms with Crippen molar-refractivity contribution >= 4 is 0 Å². The van der Waals surface area contributed by atoms with Crippen LogP contribution in [0.15, 0.2) is 4.52 Å². The SMILES string of the molecule is CCOCCN1CCN(Cc2noc(C3CC3)n2)C[C@@H]1CC. The fraction of sp³-hybridized carbons (Fsp3) is 0.875. The summed E-state index contributed by atoms with van der Waals surface area (Å²) in [7, 11) is 0. The van der Waals surface area contributed by atoms with Crippen LogP contribution in [0.2, 0.25) is 0 Å².